The minimum absolute atomic E-state index is 0.380. The summed E-state index contributed by atoms with van der Waals surface area (Å²) in [6.45, 7) is 6.32. The Morgan fingerprint density at radius 1 is 1.00 bits per heavy atom. The van der Waals surface area contributed by atoms with E-state index in [1.165, 1.54) is 22.7 Å². The highest BCUT2D eigenvalue weighted by molar-refractivity contribution is 7.09. The molecule has 1 aliphatic heterocycles. The van der Waals surface area contributed by atoms with E-state index in [-0.39, 0.29) is 0 Å². The predicted molar refractivity (Wildman–Crippen MR) is 112 cm³/mol. The first kappa shape index (κ1) is 17.7. The van der Waals surface area contributed by atoms with Gasteiger partial charge in [-0.15, -0.1) is 11.3 Å². The standard InChI is InChI=1S/C21H24N6S/c1-15(21-23-9-14-28-21)26-10-12-27(13-11-26)20-17-3-2-4-18(17)24-19(25-20)16-5-7-22-8-6-16/h5-9,14-15H,2-4,10-13H2,1H3. The molecule has 1 unspecified atom stereocenters. The number of hydrogen-bond donors (Lipinski definition) is 0. The predicted octanol–water partition coefficient (Wildman–Crippen LogP) is 3.37. The maximum atomic E-state index is 5.02. The number of piperazine rings is 1. The summed E-state index contributed by atoms with van der Waals surface area (Å²) < 4.78 is 0. The van der Waals surface area contributed by atoms with Crippen LogP contribution in [0, 0.1) is 0 Å². The number of anilines is 1. The zero-order valence-corrected chi connectivity index (χ0v) is 16.9. The van der Waals surface area contributed by atoms with Crippen LogP contribution in [0.1, 0.15) is 35.7 Å². The Hall–Kier alpha value is -2.38. The van der Waals surface area contributed by atoms with E-state index < -0.39 is 0 Å². The van der Waals surface area contributed by atoms with Gasteiger partial charge >= 0.3 is 0 Å². The molecule has 0 saturated carbocycles. The number of hydrogen-bond acceptors (Lipinski definition) is 7. The zero-order valence-electron chi connectivity index (χ0n) is 16.1. The van der Waals surface area contributed by atoms with Gasteiger partial charge in [0.15, 0.2) is 5.82 Å². The van der Waals surface area contributed by atoms with E-state index in [1.54, 1.807) is 11.3 Å². The van der Waals surface area contributed by atoms with Gasteiger partial charge in [0, 0.05) is 67.0 Å². The molecule has 5 rings (SSSR count). The minimum Gasteiger partial charge on any atom is -0.354 e. The average Bonchev–Trinajstić information content (AvgIpc) is 3.45. The maximum Gasteiger partial charge on any atom is 0.161 e. The lowest BCUT2D eigenvalue weighted by atomic mass is 10.1. The molecule has 7 heteroatoms. The van der Waals surface area contributed by atoms with Crippen LogP contribution in [0.5, 0.6) is 0 Å². The van der Waals surface area contributed by atoms with Crippen molar-refractivity contribution >= 4 is 17.2 Å². The second-order valence-corrected chi connectivity index (χ2v) is 8.38. The van der Waals surface area contributed by atoms with Crippen molar-refractivity contribution < 1.29 is 0 Å². The van der Waals surface area contributed by atoms with Crippen LogP contribution in [0.4, 0.5) is 5.82 Å². The van der Waals surface area contributed by atoms with Crippen LogP contribution in [-0.4, -0.2) is 51.0 Å². The third-order valence-electron chi connectivity index (χ3n) is 5.82. The molecule has 0 N–H and O–H groups in total. The molecule has 1 aliphatic carbocycles. The Balaban J connectivity index is 1.39. The number of fused-ring (bicyclic) bond motifs is 1. The number of nitrogens with zero attached hydrogens (tertiary/aromatic N) is 6. The zero-order chi connectivity index (χ0) is 18.9. The fraction of sp³-hybridized carbons (Fsp3) is 0.429. The lowest BCUT2D eigenvalue weighted by Crippen LogP contribution is -2.47. The van der Waals surface area contributed by atoms with Gasteiger partial charge in [0.05, 0.1) is 6.04 Å². The number of rotatable bonds is 4. The fourth-order valence-corrected chi connectivity index (χ4v) is 4.95. The quantitative estimate of drug-likeness (QED) is 0.679. The van der Waals surface area contributed by atoms with Crippen LogP contribution in [-0.2, 0) is 12.8 Å². The van der Waals surface area contributed by atoms with Gasteiger partial charge in [-0.2, -0.15) is 0 Å². The molecule has 3 aromatic heterocycles. The molecule has 28 heavy (non-hydrogen) atoms. The highest BCUT2D eigenvalue weighted by atomic mass is 32.1. The van der Waals surface area contributed by atoms with Crippen molar-refractivity contribution in [2.75, 3.05) is 31.1 Å². The Kier molecular flexibility index (Phi) is 4.78. The van der Waals surface area contributed by atoms with Crippen molar-refractivity contribution in [1.82, 2.24) is 24.8 Å². The highest BCUT2D eigenvalue weighted by Crippen LogP contribution is 2.32. The van der Waals surface area contributed by atoms with Gasteiger partial charge in [0.1, 0.15) is 10.8 Å². The van der Waals surface area contributed by atoms with Gasteiger partial charge in [-0.05, 0) is 38.3 Å². The Labute approximate surface area is 169 Å². The van der Waals surface area contributed by atoms with Gasteiger partial charge in [-0.1, -0.05) is 0 Å². The number of aryl methyl sites for hydroxylation is 1. The molecule has 3 aromatic rings. The summed E-state index contributed by atoms with van der Waals surface area (Å²) in [5.74, 6) is 1.98. The van der Waals surface area contributed by atoms with Gasteiger partial charge < -0.3 is 4.90 Å². The molecule has 0 aromatic carbocycles. The lowest BCUT2D eigenvalue weighted by Gasteiger charge is -2.38. The molecule has 6 nitrogen and oxygen atoms in total. The van der Waals surface area contributed by atoms with Gasteiger partial charge in [0.2, 0.25) is 0 Å². The third-order valence-corrected chi connectivity index (χ3v) is 6.77. The SMILES string of the molecule is CC(c1nccs1)N1CCN(c2nc(-c3ccncc3)nc3c2CCC3)CC1. The monoisotopic (exact) mass is 392 g/mol. The smallest absolute Gasteiger partial charge is 0.161 e. The largest absolute Gasteiger partial charge is 0.354 e. The van der Waals surface area contributed by atoms with Crippen LogP contribution < -0.4 is 4.90 Å². The van der Waals surface area contributed by atoms with E-state index >= 15 is 0 Å². The normalized spacial score (nSPS) is 18.2. The summed E-state index contributed by atoms with van der Waals surface area (Å²) >= 11 is 1.75. The third kappa shape index (κ3) is 3.29. The lowest BCUT2D eigenvalue weighted by molar-refractivity contribution is 0.198. The molecule has 2 aliphatic rings. The van der Waals surface area contributed by atoms with Crippen LogP contribution in [0.2, 0.25) is 0 Å². The van der Waals surface area contributed by atoms with E-state index in [2.05, 4.69) is 32.1 Å². The van der Waals surface area contributed by atoms with E-state index in [1.807, 2.05) is 30.7 Å². The fourth-order valence-electron chi connectivity index (χ4n) is 4.22. The van der Waals surface area contributed by atoms with Crippen LogP contribution in [0.25, 0.3) is 11.4 Å². The highest BCUT2D eigenvalue weighted by Gasteiger charge is 2.28. The van der Waals surface area contributed by atoms with E-state index in [0.717, 1.165) is 56.2 Å². The molecule has 1 saturated heterocycles. The number of thiazole rings is 1. The molecule has 1 fully saturated rings. The first-order valence-electron chi connectivity index (χ1n) is 9.98. The van der Waals surface area contributed by atoms with Crippen molar-refractivity contribution in [3.63, 3.8) is 0 Å². The topological polar surface area (TPSA) is 58.0 Å². The van der Waals surface area contributed by atoms with Crippen LogP contribution >= 0.6 is 11.3 Å². The summed E-state index contributed by atoms with van der Waals surface area (Å²) in [4.78, 5) is 23.5. The molecule has 0 radical (unpaired) electrons. The minimum atomic E-state index is 0.380. The van der Waals surface area contributed by atoms with Crippen LogP contribution in [0.15, 0.2) is 36.1 Å². The number of aromatic nitrogens is 4. The first-order chi connectivity index (χ1) is 13.8. The van der Waals surface area contributed by atoms with Gasteiger partial charge in [-0.25, -0.2) is 15.0 Å². The first-order valence-corrected chi connectivity index (χ1v) is 10.9. The summed E-state index contributed by atoms with van der Waals surface area (Å²) in [6.07, 6.45) is 8.85. The molecular formula is C21H24N6S. The van der Waals surface area contributed by atoms with Crippen LogP contribution in [0.3, 0.4) is 0 Å². The Bertz CT molecular complexity index is 935. The van der Waals surface area contributed by atoms with E-state index in [4.69, 9.17) is 9.97 Å². The van der Waals surface area contributed by atoms with Crippen molar-refractivity contribution in [2.24, 2.45) is 0 Å². The molecule has 0 amide bonds. The van der Waals surface area contributed by atoms with Crippen molar-refractivity contribution in [3.8, 4) is 11.4 Å². The molecule has 4 heterocycles. The second kappa shape index (κ2) is 7.56. The van der Waals surface area contributed by atoms with E-state index in [9.17, 15) is 0 Å². The molecule has 1 atom stereocenters. The summed E-state index contributed by atoms with van der Waals surface area (Å²) in [5.41, 5.74) is 3.64. The Morgan fingerprint density at radius 3 is 2.57 bits per heavy atom. The molecule has 144 valence electrons. The van der Waals surface area contributed by atoms with Gasteiger partial charge in [0.25, 0.3) is 0 Å². The molecule has 0 spiro atoms. The second-order valence-electron chi connectivity index (χ2n) is 7.45. The number of pyridine rings is 1. The Morgan fingerprint density at radius 2 is 1.82 bits per heavy atom. The maximum absolute atomic E-state index is 5.02. The summed E-state index contributed by atoms with van der Waals surface area (Å²) in [6, 6.07) is 4.37. The van der Waals surface area contributed by atoms with Crippen molar-refractivity contribution in [3.05, 3.63) is 52.4 Å². The van der Waals surface area contributed by atoms with Crippen molar-refractivity contribution in [2.45, 2.75) is 32.2 Å². The summed E-state index contributed by atoms with van der Waals surface area (Å²) in [7, 11) is 0. The van der Waals surface area contributed by atoms with Crippen molar-refractivity contribution in [1.29, 1.82) is 0 Å². The molecular weight excluding hydrogens is 368 g/mol. The van der Waals surface area contributed by atoms with Gasteiger partial charge in [-0.3, -0.25) is 9.88 Å². The van der Waals surface area contributed by atoms with E-state index in [0.29, 0.717) is 6.04 Å². The molecule has 0 bridgehead atoms. The summed E-state index contributed by atoms with van der Waals surface area (Å²) in [5, 5.41) is 3.27. The average molecular weight is 393 g/mol.